The van der Waals surface area contributed by atoms with Crippen molar-refractivity contribution < 1.29 is 4.79 Å². The summed E-state index contributed by atoms with van der Waals surface area (Å²) < 4.78 is 1.91. The largest absolute Gasteiger partial charge is 0.321 e. The molecular weight excluding hydrogens is 314 g/mol. The van der Waals surface area contributed by atoms with E-state index < -0.39 is 0 Å². The number of hydrogen-bond acceptors (Lipinski definition) is 4. The summed E-state index contributed by atoms with van der Waals surface area (Å²) in [5.41, 5.74) is 3.34. The van der Waals surface area contributed by atoms with Crippen molar-refractivity contribution in [2.45, 2.75) is 52.0 Å². The quantitative estimate of drug-likeness (QED) is 0.847. The number of rotatable bonds is 6. The van der Waals surface area contributed by atoms with Crippen molar-refractivity contribution in [3.63, 3.8) is 0 Å². The maximum Gasteiger partial charge on any atom is 0.278 e. The van der Waals surface area contributed by atoms with Gasteiger partial charge in [-0.05, 0) is 63.4 Å². The van der Waals surface area contributed by atoms with Crippen LogP contribution in [0.25, 0.3) is 0 Å². The first-order valence-electron chi connectivity index (χ1n) is 9.22. The Kier molecular flexibility index (Phi) is 5.81. The minimum atomic E-state index is -0.195. The van der Waals surface area contributed by atoms with Gasteiger partial charge in [0.1, 0.15) is 0 Å². The molecule has 0 aliphatic carbocycles. The number of aromatic nitrogens is 3. The number of nitrogens with zero attached hydrogens (tertiary/aromatic N) is 3. The standard InChI is InChI=1S/C19H27N5O/c1-3-4-5-15-6-8-16(9-7-15)21-19(25)18-14(2)24(23-22-18)17-10-12-20-13-11-17/h6-9,17,20H,3-5,10-13H2,1-2H3,(H,21,25). The SMILES string of the molecule is CCCCc1ccc(NC(=O)c2nnn(C3CCNCC3)c2C)cc1. The van der Waals surface area contributed by atoms with Crippen LogP contribution in [0.4, 0.5) is 5.69 Å². The van der Waals surface area contributed by atoms with Crippen LogP contribution in [-0.2, 0) is 6.42 Å². The lowest BCUT2D eigenvalue weighted by Gasteiger charge is -2.23. The second-order valence-corrected chi connectivity index (χ2v) is 6.70. The van der Waals surface area contributed by atoms with Gasteiger partial charge < -0.3 is 10.6 Å². The molecule has 0 atom stereocenters. The molecule has 25 heavy (non-hydrogen) atoms. The molecule has 2 heterocycles. The smallest absolute Gasteiger partial charge is 0.278 e. The molecule has 1 aromatic heterocycles. The van der Waals surface area contributed by atoms with Crippen LogP contribution >= 0.6 is 0 Å². The second-order valence-electron chi connectivity index (χ2n) is 6.70. The number of piperidine rings is 1. The highest BCUT2D eigenvalue weighted by Gasteiger charge is 2.22. The summed E-state index contributed by atoms with van der Waals surface area (Å²) in [6.45, 7) is 6.07. The van der Waals surface area contributed by atoms with Crippen LogP contribution in [-0.4, -0.2) is 34.0 Å². The number of unbranched alkanes of at least 4 members (excludes halogenated alkanes) is 1. The number of benzene rings is 1. The summed E-state index contributed by atoms with van der Waals surface area (Å²) in [4.78, 5) is 12.5. The van der Waals surface area contributed by atoms with Crippen molar-refractivity contribution in [2.75, 3.05) is 18.4 Å². The third-order valence-electron chi connectivity index (χ3n) is 4.83. The average molecular weight is 341 g/mol. The number of amides is 1. The van der Waals surface area contributed by atoms with Crippen molar-refractivity contribution >= 4 is 11.6 Å². The number of aryl methyl sites for hydroxylation is 1. The highest BCUT2D eigenvalue weighted by atomic mass is 16.2. The zero-order valence-corrected chi connectivity index (χ0v) is 15.1. The first-order chi connectivity index (χ1) is 12.2. The molecular formula is C19H27N5O. The molecule has 0 bridgehead atoms. The molecule has 1 aromatic carbocycles. The van der Waals surface area contributed by atoms with E-state index in [9.17, 15) is 4.79 Å². The normalized spacial score (nSPS) is 15.3. The Labute approximate surface area is 149 Å². The zero-order valence-electron chi connectivity index (χ0n) is 15.1. The van der Waals surface area contributed by atoms with Gasteiger partial charge in [0.2, 0.25) is 0 Å². The highest BCUT2D eigenvalue weighted by molar-refractivity contribution is 6.03. The Morgan fingerprint density at radius 2 is 2.00 bits per heavy atom. The molecule has 1 aliphatic rings. The molecule has 6 nitrogen and oxygen atoms in total. The van der Waals surface area contributed by atoms with Crippen molar-refractivity contribution in [3.8, 4) is 0 Å². The van der Waals surface area contributed by atoms with Crippen LogP contribution in [0.5, 0.6) is 0 Å². The van der Waals surface area contributed by atoms with Gasteiger partial charge >= 0.3 is 0 Å². The van der Waals surface area contributed by atoms with Gasteiger partial charge in [0.25, 0.3) is 5.91 Å². The number of hydrogen-bond donors (Lipinski definition) is 2. The third-order valence-corrected chi connectivity index (χ3v) is 4.83. The van der Waals surface area contributed by atoms with E-state index in [-0.39, 0.29) is 5.91 Å². The van der Waals surface area contributed by atoms with Crippen LogP contribution in [0.15, 0.2) is 24.3 Å². The Morgan fingerprint density at radius 1 is 1.28 bits per heavy atom. The van der Waals surface area contributed by atoms with Crippen LogP contribution in [0.3, 0.4) is 0 Å². The summed E-state index contributed by atoms with van der Waals surface area (Å²) >= 11 is 0. The molecule has 1 fully saturated rings. The molecule has 0 radical (unpaired) electrons. The molecule has 1 saturated heterocycles. The maximum atomic E-state index is 12.5. The molecule has 2 aromatic rings. The van der Waals surface area contributed by atoms with E-state index >= 15 is 0 Å². The first kappa shape index (κ1) is 17.6. The lowest BCUT2D eigenvalue weighted by Crippen LogP contribution is -2.30. The highest BCUT2D eigenvalue weighted by Crippen LogP contribution is 2.21. The van der Waals surface area contributed by atoms with Crippen LogP contribution < -0.4 is 10.6 Å². The molecule has 134 valence electrons. The van der Waals surface area contributed by atoms with E-state index in [1.165, 1.54) is 18.4 Å². The van der Waals surface area contributed by atoms with Crippen LogP contribution in [0.2, 0.25) is 0 Å². The fourth-order valence-electron chi connectivity index (χ4n) is 3.27. The summed E-state index contributed by atoms with van der Waals surface area (Å²) in [6, 6.07) is 8.38. The Bertz CT molecular complexity index is 701. The van der Waals surface area contributed by atoms with Gasteiger partial charge in [-0.1, -0.05) is 30.7 Å². The Morgan fingerprint density at radius 3 is 2.68 bits per heavy atom. The van der Waals surface area contributed by atoms with Gasteiger partial charge in [-0.3, -0.25) is 4.79 Å². The van der Waals surface area contributed by atoms with Gasteiger partial charge in [-0.15, -0.1) is 5.10 Å². The molecule has 0 saturated carbocycles. The molecule has 2 N–H and O–H groups in total. The summed E-state index contributed by atoms with van der Waals surface area (Å²) in [5, 5.41) is 14.6. The van der Waals surface area contributed by atoms with Crippen LogP contribution in [0.1, 0.15) is 60.4 Å². The lowest BCUT2D eigenvalue weighted by molar-refractivity contribution is 0.102. The van der Waals surface area contributed by atoms with Gasteiger partial charge in [0.15, 0.2) is 5.69 Å². The Balaban J connectivity index is 1.66. The second kappa shape index (κ2) is 8.25. The van der Waals surface area contributed by atoms with E-state index in [0.717, 1.165) is 43.7 Å². The monoisotopic (exact) mass is 341 g/mol. The number of nitrogens with one attached hydrogen (secondary N) is 2. The fourth-order valence-corrected chi connectivity index (χ4v) is 3.27. The maximum absolute atomic E-state index is 12.5. The summed E-state index contributed by atoms with van der Waals surface area (Å²) in [5.74, 6) is -0.195. The predicted octanol–water partition coefficient (Wildman–Crippen LogP) is 3.11. The van der Waals surface area contributed by atoms with E-state index in [0.29, 0.717) is 11.7 Å². The molecule has 1 amide bonds. The summed E-state index contributed by atoms with van der Waals surface area (Å²) in [6.07, 6.45) is 5.48. The van der Waals surface area contributed by atoms with Crippen molar-refractivity contribution in [1.82, 2.24) is 20.3 Å². The van der Waals surface area contributed by atoms with Crippen molar-refractivity contribution in [1.29, 1.82) is 0 Å². The fraction of sp³-hybridized carbons (Fsp3) is 0.526. The molecule has 0 unspecified atom stereocenters. The third kappa shape index (κ3) is 4.25. The van der Waals surface area contributed by atoms with Gasteiger partial charge in [-0.2, -0.15) is 0 Å². The first-order valence-corrected chi connectivity index (χ1v) is 9.22. The van der Waals surface area contributed by atoms with E-state index in [1.807, 2.05) is 23.7 Å². The lowest BCUT2D eigenvalue weighted by atomic mass is 10.1. The minimum Gasteiger partial charge on any atom is -0.321 e. The molecule has 3 rings (SSSR count). The van der Waals surface area contributed by atoms with Crippen LogP contribution in [0, 0.1) is 6.92 Å². The zero-order chi connectivity index (χ0) is 17.6. The van der Waals surface area contributed by atoms with Gasteiger partial charge in [-0.25, -0.2) is 4.68 Å². The van der Waals surface area contributed by atoms with Crippen molar-refractivity contribution in [2.24, 2.45) is 0 Å². The minimum absolute atomic E-state index is 0.195. The molecule has 6 heteroatoms. The molecule has 0 spiro atoms. The van der Waals surface area contributed by atoms with Gasteiger partial charge in [0.05, 0.1) is 11.7 Å². The Hall–Kier alpha value is -2.21. The number of carbonyl (C=O) groups is 1. The number of anilines is 1. The van der Waals surface area contributed by atoms with E-state index in [1.54, 1.807) is 0 Å². The number of carbonyl (C=O) groups excluding carboxylic acids is 1. The van der Waals surface area contributed by atoms with E-state index in [2.05, 4.69) is 40.0 Å². The average Bonchev–Trinajstić information content (AvgIpc) is 3.03. The van der Waals surface area contributed by atoms with Crippen molar-refractivity contribution in [3.05, 3.63) is 41.2 Å². The molecule has 1 aliphatic heterocycles. The summed E-state index contributed by atoms with van der Waals surface area (Å²) in [7, 11) is 0. The predicted molar refractivity (Wildman–Crippen MR) is 98.9 cm³/mol. The van der Waals surface area contributed by atoms with E-state index in [4.69, 9.17) is 0 Å². The topological polar surface area (TPSA) is 71.8 Å². The van der Waals surface area contributed by atoms with Gasteiger partial charge in [0, 0.05) is 5.69 Å².